The molecular formula is C18H27N3O2. The minimum atomic E-state index is 0.134. The first-order valence-corrected chi connectivity index (χ1v) is 8.08. The van der Waals surface area contributed by atoms with Crippen molar-refractivity contribution in [2.45, 2.75) is 40.4 Å². The lowest BCUT2D eigenvalue weighted by Gasteiger charge is -2.22. The number of rotatable bonds is 8. The maximum Gasteiger partial charge on any atom is 0.123 e. The fraction of sp³-hybridized carbons (Fsp3) is 0.500. The van der Waals surface area contributed by atoms with E-state index < -0.39 is 0 Å². The fourth-order valence-electron chi connectivity index (χ4n) is 2.92. The standard InChI is InChI=1S/C18H27N3O2/c1-5-21-15(3)17(14(2)19-21)13-20(10-11-22)12-16-8-6-7-9-18(16)23-4/h6-9,22H,5,10-13H2,1-4H3. The third-order valence-corrected chi connectivity index (χ3v) is 4.22. The molecule has 23 heavy (non-hydrogen) atoms. The van der Waals surface area contributed by atoms with Crippen molar-refractivity contribution in [1.82, 2.24) is 14.7 Å². The smallest absolute Gasteiger partial charge is 0.123 e. The Kier molecular flexibility index (Phi) is 6.19. The van der Waals surface area contributed by atoms with Gasteiger partial charge >= 0.3 is 0 Å². The number of para-hydroxylation sites is 1. The molecule has 0 saturated heterocycles. The van der Waals surface area contributed by atoms with Crippen LogP contribution in [-0.4, -0.2) is 40.0 Å². The molecule has 0 saturated carbocycles. The van der Waals surface area contributed by atoms with Gasteiger partial charge in [0.15, 0.2) is 0 Å². The SMILES string of the molecule is CCn1nc(C)c(CN(CCO)Cc2ccccc2OC)c1C. The van der Waals surface area contributed by atoms with Crippen molar-refractivity contribution in [3.05, 3.63) is 46.8 Å². The molecule has 0 aliphatic carbocycles. The van der Waals surface area contributed by atoms with Crippen LogP contribution in [0.15, 0.2) is 24.3 Å². The molecular weight excluding hydrogens is 290 g/mol. The van der Waals surface area contributed by atoms with E-state index in [9.17, 15) is 5.11 Å². The van der Waals surface area contributed by atoms with E-state index in [1.807, 2.05) is 22.9 Å². The van der Waals surface area contributed by atoms with Gasteiger partial charge in [0, 0.05) is 43.0 Å². The van der Waals surface area contributed by atoms with E-state index in [-0.39, 0.29) is 6.61 Å². The van der Waals surface area contributed by atoms with Gasteiger partial charge in [-0.2, -0.15) is 5.10 Å². The van der Waals surface area contributed by atoms with Crippen LogP contribution in [0.2, 0.25) is 0 Å². The summed E-state index contributed by atoms with van der Waals surface area (Å²) >= 11 is 0. The van der Waals surface area contributed by atoms with Crippen molar-refractivity contribution in [2.24, 2.45) is 0 Å². The molecule has 1 heterocycles. The van der Waals surface area contributed by atoms with Crippen LogP contribution in [-0.2, 0) is 19.6 Å². The molecule has 1 aromatic heterocycles. The summed E-state index contributed by atoms with van der Waals surface area (Å²) < 4.78 is 7.47. The van der Waals surface area contributed by atoms with Gasteiger partial charge in [-0.1, -0.05) is 18.2 Å². The van der Waals surface area contributed by atoms with Crippen LogP contribution in [0.25, 0.3) is 0 Å². The third-order valence-electron chi connectivity index (χ3n) is 4.22. The van der Waals surface area contributed by atoms with E-state index >= 15 is 0 Å². The maximum absolute atomic E-state index is 9.42. The molecule has 0 aliphatic heterocycles. The molecule has 0 spiro atoms. The van der Waals surface area contributed by atoms with Crippen LogP contribution in [0.4, 0.5) is 0 Å². The third kappa shape index (κ3) is 4.12. The van der Waals surface area contributed by atoms with Crippen LogP contribution < -0.4 is 4.74 Å². The largest absolute Gasteiger partial charge is 0.496 e. The monoisotopic (exact) mass is 317 g/mol. The Labute approximate surface area is 138 Å². The van der Waals surface area contributed by atoms with Gasteiger partial charge < -0.3 is 9.84 Å². The first-order valence-electron chi connectivity index (χ1n) is 8.08. The summed E-state index contributed by atoms with van der Waals surface area (Å²) in [6.45, 7) is 9.40. The topological polar surface area (TPSA) is 50.5 Å². The summed E-state index contributed by atoms with van der Waals surface area (Å²) in [6.07, 6.45) is 0. The number of aromatic nitrogens is 2. The Bertz CT molecular complexity index is 637. The predicted octanol–water partition coefficient (Wildman–Crippen LogP) is 2.52. The van der Waals surface area contributed by atoms with E-state index in [1.165, 1.54) is 11.3 Å². The van der Waals surface area contributed by atoms with Gasteiger partial charge in [0.25, 0.3) is 0 Å². The van der Waals surface area contributed by atoms with E-state index in [0.29, 0.717) is 6.54 Å². The van der Waals surface area contributed by atoms with Gasteiger partial charge in [-0.15, -0.1) is 0 Å². The fourth-order valence-corrected chi connectivity index (χ4v) is 2.92. The van der Waals surface area contributed by atoms with Gasteiger partial charge in [-0.3, -0.25) is 9.58 Å². The average molecular weight is 317 g/mol. The molecule has 0 bridgehead atoms. The van der Waals surface area contributed by atoms with Crippen LogP contribution in [0.5, 0.6) is 5.75 Å². The highest BCUT2D eigenvalue weighted by Crippen LogP contribution is 2.22. The summed E-state index contributed by atoms with van der Waals surface area (Å²) in [6, 6.07) is 8.02. The quantitative estimate of drug-likeness (QED) is 0.813. The number of hydrogen-bond donors (Lipinski definition) is 1. The summed E-state index contributed by atoms with van der Waals surface area (Å²) in [7, 11) is 1.69. The minimum Gasteiger partial charge on any atom is -0.496 e. The molecule has 0 unspecified atom stereocenters. The number of benzene rings is 1. The first-order chi connectivity index (χ1) is 11.1. The van der Waals surface area contributed by atoms with E-state index in [2.05, 4.69) is 36.8 Å². The molecule has 0 aliphatic rings. The molecule has 0 fully saturated rings. The van der Waals surface area contributed by atoms with Crippen molar-refractivity contribution in [1.29, 1.82) is 0 Å². The number of aliphatic hydroxyl groups is 1. The van der Waals surface area contributed by atoms with Crippen molar-refractivity contribution in [3.63, 3.8) is 0 Å². The molecule has 1 aromatic carbocycles. The van der Waals surface area contributed by atoms with Gasteiger partial charge in [-0.05, 0) is 26.8 Å². The Morgan fingerprint density at radius 3 is 2.57 bits per heavy atom. The molecule has 2 rings (SSSR count). The van der Waals surface area contributed by atoms with Crippen LogP contribution in [0.3, 0.4) is 0 Å². The molecule has 5 heteroatoms. The molecule has 126 valence electrons. The lowest BCUT2D eigenvalue weighted by molar-refractivity contribution is 0.182. The molecule has 0 amide bonds. The molecule has 5 nitrogen and oxygen atoms in total. The summed E-state index contributed by atoms with van der Waals surface area (Å²) in [4.78, 5) is 2.23. The second-order valence-electron chi connectivity index (χ2n) is 5.71. The number of ether oxygens (including phenoxy) is 1. The Hall–Kier alpha value is -1.85. The van der Waals surface area contributed by atoms with E-state index in [0.717, 1.165) is 36.6 Å². The molecule has 2 aromatic rings. The summed E-state index contributed by atoms with van der Waals surface area (Å²) in [5.41, 5.74) is 4.64. The summed E-state index contributed by atoms with van der Waals surface area (Å²) in [5.74, 6) is 0.883. The highest BCUT2D eigenvalue weighted by atomic mass is 16.5. The Morgan fingerprint density at radius 1 is 1.22 bits per heavy atom. The van der Waals surface area contributed by atoms with Gasteiger partial charge in [0.05, 0.1) is 19.4 Å². The average Bonchev–Trinajstić information content (AvgIpc) is 2.83. The highest BCUT2D eigenvalue weighted by Gasteiger charge is 2.16. The second-order valence-corrected chi connectivity index (χ2v) is 5.71. The van der Waals surface area contributed by atoms with Crippen molar-refractivity contribution in [2.75, 3.05) is 20.3 Å². The van der Waals surface area contributed by atoms with Gasteiger partial charge in [-0.25, -0.2) is 0 Å². The lowest BCUT2D eigenvalue weighted by atomic mass is 10.1. The van der Waals surface area contributed by atoms with Crippen LogP contribution in [0, 0.1) is 13.8 Å². The zero-order chi connectivity index (χ0) is 16.8. The Morgan fingerprint density at radius 2 is 1.96 bits per heavy atom. The minimum absolute atomic E-state index is 0.134. The zero-order valence-electron chi connectivity index (χ0n) is 14.5. The van der Waals surface area contributed by atoms with Crippen LogP contribution in [0.1, 0.15) is 29.4 Å². The molecule has 1 N–H and O–H groups in total. The maximum atomic E-state index is 9.42. The summed E-state index contributed by atoms with van der Waals surface area (Å²) in [5, 5.41) is 14.0. The number of methoxy groups -OCH3 is 1. The van der Waals surface area contributed by atoms with E-state index in [4.69, 9.17) is 4.74 Å². The second kappa shape index (κ2) is 8.13. The van der Waals surface area contributed by atoms with Crippen molar-refractivity contribution >= 4 is 0 Å². The normalized spacial score (nSPS) is 11.2. The Balaban J connectivity index is 2.21. The lowest BCUT2D eigenvalue weighted by Crippen LogP contribution is -2.26. The van der Waals surface area contributed by atoms with Gasteiger partial charge in [0.2, 0.25) is 0 Å². The highest BCUT2D eigenvalue weighted by molar-refractivity contribution is 5.33. The number of aryl methyl sites for hydroxylation is 2. The number of nitrogens with zero attached hydrogens (tertiary/aromatic N) is 3. The van der Waals surface area contributed by atoms with Crippen molar-refractivity contribution in [3.8, 4) is 5.75 Å². The predicted molar refractivity (Wildman–Crippen MR) is 91.6 cm³/mol. The van der Waals surface area contributed by atoms with Gasteiger partial charge in [0.1, 0.15) is 5.75 Å². The number of hydrogen-bond acceptors (Lipinski definition) is 4. The van der Waals surface area contributed by atoms with Crippen molar-refractivity contribution < 1.29 is 9.84 Å². The van der Waals surface area contributed by atoms with Crippen LogP contribution >= 0.6 is 0 Å². The molecule has 0 atom stereocenters. The zero-order valence-corrected chi connectivity index (χ0v) is 14.5. The first kappa shape index (κ1) is 17.5. The molecule has 0 radical (unpaired) electrons. The van der Waals surface area contributed by atoms with E-state index in [1.54, 1.807) is 7.11 Å². The number of aliphatic hydroxyl groups excluding tert-OH is 1.